The smallest absolute Gasteiger partial charge is 0.145 e. The average Bonchev–Trinajstić information content (AvgIpc) is 3.20. The van der Waals surface area contributed by atoms with Gasteiger partial charge in [-0.1, -0.05) is 13.8 Å². The molecule has 0 spiro atoms. The first-order valence-electron chi connectivity index (χ1n) is 7.09. The SMILES string of the molecule is CC(C)CC(C)N(C)c1cc(NN)nc(C2CC2)n1. The molecule has 1 aromatic heterocycles. The molecule has 0 radical (unpaired) electrons. The quantitative estimate of drug-likeness (QED) is 0.610. The van der Waals surface area contributed by atoms with Crippen molar-refractivity contribution >= 4 is 11.6 Å². The van der Waals surface area contributed by atoms with E-state index in [2.05, 4.69) is 43.1 Å². The van der Waals surface area contributed by atoms with Gasteiger partial charge >= 0.3 is 0 Å². The van der Waals surface area contributed by atoms with E-state index in [9.17, 15) is 0 Å². The van der Waals surface area contributed by atoms with Gasteiger partial charge in [-0.2, -0.15) is 0 Å². The summed E-state index contributed by atoms with van der Waals surface area (Å²) in [5.74, 6) is 9.30. The lowest BCUT2D eigenvalue weighted by Gasteiger charge is -2.27. The average molecular weight is 263 g/mol. The van der Waals surface area contributed by atoms with Crippen molar-refractivity contribution in [2.24, 2.45) is 11.8 Å². The first kappa shape index (κ1) is 14.1. The molecule has 3 N–H and O–H groups in total. The molecular weight excluding hydrogens is 238 g/mol. The van der Waals surface area contributed by atoms with E-state index in [0.29, 0.717) is 23.7 Å². The summed E-state index contributed by atoms with van der Waals surface area (Å²) < 4.78 is 0. The van der Waals surface area contributed by atoms with Crippen LogP contribution in [0.2, 0.25) is 0 Å². The topological polar surface area (TPSA) is 67.1 Å². The van der Waals surface area contributed by atoms with Crippen molar-refractivity contribution in [1.29, 1.82) is 0 Å². The lowest BCUT2D eigenvalue weighted by Crippen LogP contribution is -2.31. The van der Waals surface area contributed by atoms with E-state index in [1.807, 2.05) is 6.07 Å². The number of rotatable bonds is 6. The van der Waals surface area contributed by atoms with E-state index in [1.165, 1.54) is 12.8 Å². The minimum absolute atomic E-state index is 0.451. The van der Waals surface area contributed by atoms with Crippen molar-refractivity contribution in [2.75, 3.05) is 17.4 Å². The highest BCUT2D eigenvalue weighted by Gasteiger charge is 2.28. The van der Waals surface area contributed by atoms with Crippen LogP contribution in [0.5, 0.6) is 0 Å². The molecule has 0 amide bonds. The maximum absolute atomic E-state index is 5.51. The van der Waals surface area contributed by atoms with Crippen LogP contribution >= 0.6 is 0 Å². The van der Waals surface area contributed by atoms with Gasteiger partial charge in [0.1, 0.15) is 17.5 Å². The van der Waals surface area contributed by atoms with E-state index in [0.717, 1.165) is 18.1 Å². The van der Waals surface area contributed by atoms with E-state index in [-0.39, 0.29) is 0 Å². The van der Waals surface area contributed by atoms with Crippen LogP contribution in [0.3, 0.4) is 0 Å². The maximum Gasteiger partial charge on any atom is 0.145 e. The summed E-state index contributed by atoms with van der Waals surface area (Å²) >= 11 is 0. The van der Waals surface area contributed by atoms with Gasteiger partial charge in [0.05, 0.1) is 0 Å². The number of nitrogens with one attached hydrogen (secondary N) is 1. The van der Waals surface area contributed by atoms with Gasteiger partial charge in [0.2, 0.25) is 0 Å². The lowest BCUT2D eigenvalue weighted by atomic mass is 10.0. The predicted molar refractivity (Wildman–Crippen MR) is 79.1 cm³/mol. The highest BCUT2D eigenvalue weighted by atomic mass is 15.3. The summed E-state index contributed by atoms with van der Waals surface area (Å²) in [4.78, 5) is 11.4. The van der Waals surface area contributed by atoms with Gasteiger partial charge in [0, 0.05) is 25.1 Å². The molecule has 0 aliphatic heterocycles. The van der Waals surface area contributed by atoms with E-state index in [1.54, 1.807) is 0 Å². The number of hydrazine groups is 1. The zero-order valence-corrected chi connectivity index (χ0v) is 12.3. The van der Waals surface area contributed by atoms with Gasteiger partial charge in [-0.15, -0.1) is 0 Å². The Labute approximate surface area is 115 Å². The highest BCUT2D eigenvalue weighted by Crippen LogP contribution is 2.39. The summed E-state index contributed by atoms with van der Waals surface area (Å²) in [5.41, 5.74) is 2.65. The molecule has 0 bridgehead atoms. The second kappa shape index (κ2) is 5.74. The lowest BCUT2D eigenvalue weighted by molar-refractivity contribution is 0.501. The van der Waals surface area contributed by atoms with Crippen LogP contribution in [0.15, 0.2) is 6.07 Å². The van der Waals surface area contributed by atoms with Crippen LogP contribution in [-0.4, -0.2) is 23.1 Å². The summed E-state index contributed by atoms with van der Waals surface area (Å²) in [7, 11) is 2.09. The number of nitrogens with two attached hydrogens (primary N) is 1. The Hall–Kier alpha value is -1.36. The highest BCUT2D eigenvalue weighted by molar-refractivity contribution is 5.49. The third kappa shape index (κ3) is 3.56. The molecule has 1 aliphatic carbocycles. The molecule has 106 valence electrons. The molecule has 1 unspecified atom stereocenters. The van der Waals surface area contributed by atoms with Crippen molar-refractivity contribution in [2.45, 2.75) is 52.0 Å². The number of nitrogen functional groups attached to an aromatic ring is 1. The Morgan fingerprint density at radius 3 is 2.58 bits per heavy atom. The molecule has 0 aromatic carbocycles. The Morgan fingerprint density at radius 2 is 2.05 bits per heavy atom. The molecule has 2 rings (SSSR count). The second-order valence-corrected chi connectivity index (χ2v) is 5.98. The van der Waals surface area contributed by atoms with E-state index >= 15 is 0 Å². The van der Waals surface area contributed by atoms with Crippen LogP contribution in [0, 0.1) is 5.92 Å². The fourth-order valence-corrected chi connectivity index (χ4v) is 2.30. The minimum atomic E-state index is 0.451. The number of aromatic nitrogens is 2. The molecule has 1 fully saturated rings. The Bertz CT molecular complexity index is 428. The van der Waals surface area contributed by atoms with Crippen LogP contribution in [0.4, 0.5) is 11.6 Å². The van der Waals surface area contributed by atoms with Gasteiger partial charge in [0.25, 0.3) is 0 Å². The molecule has 5 heteroatoms. The van der Waals surface area contributed by atoms with E-state index < -0.39 is 0 Å². The first-order valence-corrected chi connectivity index (χ1v) is 7.09. The third-order valence-electron chi connectivity index (χ3n) is 3.66. The number of hydrogen-bond donors (Lipinski definition) is 2. The zero-order valence-electron chi connectivity index (χ0n) is 12.3. The molecule has 1 aromatic rings. The molecular formula is C14H25N5. The Kier molecular flexibility index (Phi) is 4.24. The number of nitrogens with zero attached hydrogens (tertiary/aromatic N) is 3. The molecule has 5 nitrogen and oxygen atoms in total. The molecule has 1 atom stereocenters. The summed E-state index contributed by atoms with van der Waals surface area (Å²) in [5, 5.41) is 0. The zero-order chi connectivity index (χ0) is 14.0. The van der Waals surface area contributed by atoms with Gasteiger partial charge in [-0.05, 0) is 32.1 Å². The van der Waals surface area contributed by atoms with E-state index in [4.69, 9.17) is 10.8 Å². The van der Waals surface area contributed by atoms with Crippen molar-refractivity contribution < 1.29 is 0 Å². The Morgan fingerprint density at radius 1 is 1.37 bits per heavy atom. The van der Waals surface area contributed by atoms with Crippen LogP contribution < -0.4 is 16.2 Å². The summed E-state index contributed by atoms with van der Waals surface area (Å²) in [6, 6.07) is 2.37. The predicted octanol–water partition coefficient (Wildman–Crippen LogP) is 2.51. The third-order valence-corrected chi connectivity index (χ3v) is 3.66. The summed E-state index contributed by atoms with van der Waals surface area (Å²) in [6.45, 7) is 6.72. The van der Waals surface area contributed by atoms with Gasteiger partial charge in [-0.25, -0.2) is 15.8 Å². The number of hydrogen-bond acceptors (Lipinski definition) is 5. The fourth-order valence-electron chi connectivity index (χ4n) is 2.30. The number of anilines is 2. The van der Waals surface area contributed by atoms with Gasteiger partial charge in [0.15, 0.2) is 0 Å². The molecule has 1 heterocycles. The van der Waals surface area contributed by atoms with Gasteiger partial charge < -0.3 is 10.3 Å². The van der Waals surface area contributed by atoms with Gasteiger partial charge in [-0.3, -0.25) is 0 Å². The normalized spacial score (nSPS) is 16.5. The second-order valence-electron chi connectivity index (χ2n) is 5.98. The van der Waals surface area contributed by atoms with Crippen molar-refractivity contribution in [3.05, 3.63) is 11.9 Å². The van der Waals surface area contributed by atoms with Crippen molar-refractivity contribution in [3.63, 3.8) is 0 Å². The Balaban J connectivity index is 2.19. The van der Waals surface area contributed by atoms with Crippen molar-refractivity contribution in [1.82, 2.24) is 9.97 Å². The molecule has 0 saturated heterocycles. The summed E-state index contributed by atoms with van der Waals surface area (Å²) in [6.07, 6.45) is 3.53. The van der Waals surface area contributed by atoms with Crippen LogP contribution in [-0.2, 0) is 0 Å². The van der Waals surface area contributed by atoms with Crippen LogP contribution in [0.1, 0.15) is 51.8 Å². The monoisotopic (exact) mass is 263 g/mol. The van der Waals surface area contributed by atoms with Crippen molar-refractivity contribution in [3.8, 4) is 0 Å². The fraction of sp³-hybridized carbons (Fsp3) is 0.714. The first-order chi connectivity index (χ1) is 9.01. The molecule has 1 saturated carbocycles. The molecule has 1 aliphatic rings. The largest absolute Gasteiger partial charge is 0.357 e. The minimum Gasteiger partial charge on any atom is -0.357 e. The molecule has 19 heavy (non-hydrogen) atoms. The standard InChI is InChI=1S/C14H25N5/c1-9(2)7-10(3)19(4)13-8-12(18-15)16-14(17-13)11-5-6-11/h8-11H,5-7,15H2,1-4H3,(H,16,17,18). The maximum atomic E-state index is 5.51. The van der Waals surface area contributed by atoms with Crippen LogP contribution in [0.25, 0.3) is 0 Å².